The van der Waals surface area contributed by atoms with Gasteiger partial charge < -0.3 is 15.8 Å². The summed E-state index contributed by atoms with van der Waals surface area (Å²) in [6.07, 6.45) is 0. The molecule has 0 aliphatic heterocycles. The van der Waals surface area contributed by atoms with E-state index in [0.29, 0.717) is 30.5 Å². The van der Waals surface area contributed by atoms with Gasteiger partial charge in [0.25, 0.3) is 0 Å². The zero-order valence-electron chi connectivity index (χ0n) is 10.7. The molecule has 0 aliphatic rings. The number of halogens is 1. The molecular formula is C13H21FN2O. The second kappa shape index (κ2) is 6.45. The van der Waals surface area contributed by atoms with Crippen molar-refractivity contribution in [3.63, 3.8) is 0 Å². The fourth-order valence-corrected chi connectivity index (χ4v) is 1.50. The largest absolute Gasteiger partial charge is 0.397 e. The molecule has 0 heterocycles. The van der Waals surface area contributed by atoms with Gasteiger partial charge in [0.15, 0.2) is 0 Å². The summed E-state index contributed by atoms with van der Waals surface area (Å²) in [5.41, 5.74) is 6.97. The Morgan fingerprint density at radius 1 is 1.41 bits per heavy atom. The van der Waals surface area contributed by atoms with Crippen molar-refractivity contribution in [2.45, 2.75) is 26.8 Å². The van der Waals surface area contributed by atoms with Crippen molar-refractivity contribution in [3.8, 4) is 0 Å². The maximum absolute atomic E-state index is 13.1. The van der Waals surface area contributed by atoms with E-state index in [2.05, 4.69) is 19.2 Å². The van der Waals surface area contributed by atoms with Crippen molar-refractivity contribution < 1.29 is 9.13 Å². The number of rotatable bonds is 6. The molecule has 0 fully saturated rings. The molecule has 1 atom stereocenters. The molecule has 3 N–H and O–H groups in total. The van der Waals surface area contributed by atoms with E-state index in [0.717, 1.165) is 0 Å². The predicted octanol–water partition coefficient (Wildman–Crippen LogP) is 2.88. The quantitative estimate of drug-likeness (QED) is 0.752. The molecule has 0 aliphatic carbocycles. The molecule has 17 heavy (non-hydrogen) atoms. The van der Waals surface area contributed by atoms with Crippen molar-refractivity contribution in [1.82, 2.24) is 0 Å². The van der Waals surface area contributed by atoms with Crippen molar-refractivity contribution in [3.05, 3.63) is 24.0 Å². The van der Waals surface area contributed by atoms with E-state index in [4.69, 9.17) is 10.5 Å². The Hall–Kier alpha value is -1.29. The van der Waals surface area contributed by atoms with Crippen LogP contribution in [0.3, 0.4) is 0 Å². The van der Waals surface area contributed by atoms with Crippen molar-refractivity contribution in [2.24, 2.45) is 5.92 Å². The minimum Gasteiger partial charge on any atom is -0.397 e. The molecule has 0 saturated heterocycles. The molecule has 1 unspecified atom stereocenters. The highest BCUT2D eigenvalue weighted by molar-refractivity contribution is 5.66. The van der Waals surface area contributed by atoms with Crippen LogP contribution >= 0.6 is 0 Å². The lowest BCUT2D eigenvalue weighted by molar-refractivity contribution is 0.127. The maximum atomic E-state index is 13.1. The van der Waals surface area contributed by atoms with Gasteiger partial charge in [-0.25, -0.2) is 4.39 Å². The summed E-state index contributed by atoms with van der Waals surface area (Å²) < 4.78 is 18.5. The summed E-state index contributed by atoms with van der Waals surface area (Å²) in [5.74, 6) is 0.0878. The number of hydrogen-bond donors (Lipinski definition) is 2. The van der Waals surface area contributed by atoms with Crippen LogP contribution in [0.2, 0.25) is 0 Å². The van der Waals surface area contributed by atoms with Crippen molar-refractivity contribution in [2.75, 3.05) is 24.3 Å². The predicted molar refractivity (Wildman–Crippen MR) is 69.6 cm³/mol. The summed E-state index contributed by atoms with van der Waals surface area (Å²) in [5, 5.41) is 3.23. The Morgan fingerprint density at radius 3 is 2.71 bits per heavy atom. The number of benzene rings is 1. The summed E-state index contributed by atoms with van der Waals surface area (Å²) in [7, 11) is 0. The van der Waals surface area contributed by atoms with Gasteiger partial charge >= 0.3 is 0 Å². The minimum absolute atomic E-state index is 0.124. The molecule has 0 amide bonds. The van der Waals surface area contributed by atoms with E-state index in [1.54, 1.807) is 6.07 Å². The molecule has 1 rings (SSSR count). The molecule has 3 nitrogen and oxygen atoms in total. The molecule has 0 bridgehead atoms. The molecule has 1 aromatic carbocycles. The Kier molecular flexibility index (Phi) is 5.22. The first-order valence-corrected chi connectivity index (χ1v) is 5.94. The zero-order chi connectivity index (χ0) is 12.8. The first kappa shape index (κ1) is 13.8. The van der Waals surface area contributed by atoms with Crippen molar-refractivity contribution in [1.29, 1.82) is 0 Å². The highest BCUT2D eigenvalue weighted by Crippen LogP contribution is 2.21. The number of hydrogen-bond acceptors (Lipinski definition) is 3. The molecule has 0 saturated carbocycles. The number of nitrogen functional groups attached to an aromatic ring is 1. The third-order valence-electron chi connectivity index (χ3n) is 2.66. The number of nitrogens with one attached hydrogen (secondary N) is 1. The fourth-order valence-electron chi connectivity index (χ4n) is 1.50. The second-order valence-electron chi connectivity index (χ2n) is 4.39. The van der Waals surface area contributed by atoms with Crippen LogP contribution in [0.15, 0.2) is 18.2 Å². The maximum Gasteiger partial charge on any atom is 0.125 e. The molecule has 0 radical (unpaired) electrons. The lowest BCUT2D eigenvalue weighted by Gasteiger charge is -2.24. The standard InChI is InChI=1S/C13H21FN2O/c1-4-17-8-13(9(2)3)16-12-7-10(14)5-6-11(12)15/h5-7,9,13,16H,4,8,15H2,1-3H3. The fraction of sp³-hybridized carbons (Fsp3) is 0.538. The van der Waals surface area contributed by atoms with Gasteiger partial charge in [-0.1, -0.05) is 13.8 Å². The van der Waals surface area contributed by atoms with Crippen LogP contribution in [0.5, 0.6) is 0 Å². The van der Waals surface area contributed by atoms with E-state index < -0.39 is 0 Å². The summed E-state index contributed by atoms with van der Waals surface area (Å²) >= 11 is 0. The molecule has 0 aromatic heterocycles. The number of nitrogens with two attached hydrogens (primary N) is 1. The SMILES string of the molecule is CCOCC(Nc1cc(F)ccc1N)C(C)C. The van der Waals surface area contributed by atoms with Crippen molar-refractivity contribution >= 4 is 11.4 Å². The van der Waals surface area contributed by atoms with E-state index >= 15 is 0 Å². The number of anilines is 2. The van der Waals surface area contributed by atoms with Crippen LogP contribution in [-0.2, 0) is 4.74 Å². The van der Waals surface area contributed by atoms with Gasteiger partial charge in [-0.2, -0.15) is 0 Å². The molecular weight excluding hydrogens is 219 g/mol. The molecule has 96 valence electrons. The van der Waals surface area contributed by atoms with Gasteiger partial charge in [0.05, 0.1) is 24.0 Å². The average Bonchev–Trinajstić information content (AvgIpc) is 2.28. The van der Waals surface area contributed by atoms with Crippen LogP contribution in [-0.4, -0.2) is 19.3 Å². The summed E-state index contributed by atoms with van der Waals surface area (Å²) in [6.45, 7) is 7.39. The summed E-state index contributed by atoms with van der Waals surface area (Å²) in [6, 6.07) is 4.46. The highest BCUT2D eigenvalue weighted by atomic mass is 19.1. The first-order chi connectivity index (χ1) is 8.04. The lowest BCUT2D eigenvalue weighted by atomic mass is 10.0. The zero-order valence-corrected chi connectivity index (χ0v) is 10.7. The van der Waals surface area contributed by atoms with E-state index in [-0.39, 0.29) is 11.9 Å². The van der Waals surface area contributed by atoms with Crippen LogP contribution in [0, 0.1) is 11.7 Å². The second-order valence-corrected chi connectivity index (χ2v) is 4.39. The van der Waals surface area contributed by atoms with Gasteiger partial charge in [0.1, 0.15) is 5.82 Å². The topological polar surface area (TPSA) is 47.3 Å². The smallest absolute Gasteiger partial charge is 0.125 e. The molecule has 1 aromatic rings. The van der Waals surface area contributed by atoms with Crippen LogP contribution < -0.4 is 11.1 Å². The van der Waals surface area contributed by atoms with Gasteiger partial charge in [-0.05, 0) is 31.0 Å². The third-order valence-corrected chi connectivity index (χ3v) is 2.66. The summed E-state index contributed by atoms with van der Waals surface area (Å²) in [4.78, 5) is 0. The van der Waals surface area contributed by atoms with E-state index in [1.807, 2.05) is 6.92 Å². The van der Waals surface area contributed by atoms with Crippen LogP contribution in [0.4, 0.5) is 15.8 Å². The van der Waals surface area contributed by atoms with Crippen LogP contribution in [0.1, 0.15) is 20.8 Å². The Bertz CT molecular complexity index is 355. The highest BCUT2D eigenvalue weighted by Gasteiger charge is 2.14. The van der Waals surface area contributed by atoms with E-state index in [1.165, 1.54) is 12.1 Å². The van der Waals surface area contributed by atoms with Gasteiger partial charge in [-0.3, -0.25) is 0 Å². The average molecular weight is 240 g/mol. The van der Waals surface area contributed by atoms with Gasteiger partial charge in [0, 0.05) is 6.61 Å². The minimum atomic E-state index is -0.291. The number of ether oxygens (including phenoxy) is 1. The van der Waals surface area contributed by atoms with E-state index in [9.17, 15) is 4.39 Å². The third kappa shape index (κ3) is 4.23. The molecule has 0 spiro atoms. The van der Waals surface area contributed by atoms with Gasteiger partial charge in [-0.15, -0.1) is 0 Å². The lowest BCUT2D eigenvalue weighted by Crippen LogP contribution is -2.31. The van der Waals surface area contributed by atoms with Crippen LogP contribution in [0.25, 0.3) is 0 Å². The Morgan fingerprint density at radius 2 is 2.12 bits per heavy atom. The van der Waals surface area contributed by atoms with Gasteiger partial charge in [0.2, 0.25) is 0 Å². The molecule has 4 heteroatoms. The Labute approximate surface area is 102 Å². The Balaban J connectivity index is 2.74. The first-order valence-electron chi connectivity index (χ1n) is 5.94. The monoisotopic (exact) mass is 240 g/mol. The normalized spacial score (nSPS) is 12.8.